The highest BCUT2D eigenvalue weighted by molar-refractivity contribution is 6.32. The maximum atomic E-state index is 11.5. The highest BCUT2D eigenvalue weighted by Gasteiger charge is 2.28. The number of carbonyl (C=O) groups is 1. The molecule has 1 N–H and O–H groups in total. The van der Waals surface area contributed by atoms with Gasteiger partial charge in [-0.05, 0) is 61.6 Å². The molecule has 1 aliphatic heterocycles. The van der Waals surface area contributed by atoms with Gasteiger partial charge in [0.15, 0.2) is 0 Å². The molecule has 0 radical (unpaired) electrons. The quantitative estimate of drug-likeness (QED) is 0.758. The first-order valence-electron chi connectivity index (χ1n) is 8.91. The van der Waals surface area contributed by atoms with Crippen LogP contribution in [-0.2, 0) is 11.2 Å². The number of ether oxygens (including phenoxy) is 1. The number of nitrogens with zero attached hydrogens (tertiary/aromatic N) is 1. The third kappa shape index (κ3) is 4.13. The van der Waals surface area contributed by atoms with Gasteiger partial charge in [-0.3, -0.25) is 4.79 Å². The summed E-state index contributed by atoms with van der Waals surface area (Å²) >= 11 is 6.19. The standard InChI is InChI=1S/C21H24ClNO3/c1-14-10-18(11-15(2)20(14)22)26-9-5-8-23-13-17(21(24)25)12-16-6-3-4-7-19(16)23/h3-4,6-7,10-11,17H,5,8-9,12-13H2,1-2H3,(H,24,25)/t17-/m1/s1. The summed E-state index contributed by atoms with van der Waals surface area (Å²) in [5, 5.41) is 10.2. The van der Waals surface area contributed by atoms with Gasteiger partial charge in [0.2, 0.25) is 0 Å². The molecule has 2 aromatic rings. The minimum Gasteiger partial charge on any atom is -0.494 e. The van der Waals surface area contributed by atoms with E-state index >= 15 is 0 Å². The fourth-order valence-corrected chi connectivity index (χ4v) is 3.61. The molecular formula is C21H24ClNO3. The van der Waals surface area contributed by atoms with Crippen molar-refractivity contribution in [2.45, 2.75) is 26.7 Å². The fraction of sp³-hybridized carbons (Fsp3) is 0.381. The zero-order valence-corrected chi connectivity index (χ0v) is 15.9. The number of carboxylic acid groups (broad SMARTS) is 1. The maximum absolute atomic E-state index is 11.5. The Hall–Kier alpha value is -2.20. The zero-order valence-electron chi connectivity index (χ0n) is 15.2. The lowest BCUT2D eigenvalue weighted by molar-refractivity contribution is -0.141. The van der Waals surface area contributed by atoms with Gasteiger partial charge in [-0.1, -0.05) is 29.8 Å². The van der Waals surface area contributed by atoms with Crippen molar-refractivity contribution in [3.63, 3.8) is 0 Å². The molecule has 0 saturated heterocycles. The Kier molecular flexibility index (Phi) is 5.72. The van der Waals surface area contributed by atoms with Crippen LogP contribution in [-0.4, -0.2) is 30.8 Å². The second-order valence-corrected chi connectivity index (χ2v) is 7.27. The van der Waals surface area contributed by atoms with Crippen molar-refractivity contribution in [3.05, 3.63) is 58.1 Å². The zero-order chi connectivity index (χ0) is 18.7. The summed E-state index contributed by atoms with van der Waals surface area (Å²) in [4.78, 5) is 13.6. The summed E-state index contributed by atoms with van der Waals surface area (Å²) in [7, 11) is 0. The first-order chi connectivity index (χ1) is 12.5. The Bertz CT molecular complexity index is 783. The molecule has 138 valence electrons. The molecule has 1 aliphatic rings. The molecule has 5 heteroatoms. The molecule has 1 heterocycles. The molecule has 1 atom stereocenters. The topological polar surface area (TPSA) is 49.8 Å². The summed E-state index contributed by atoms with van der Waals surface area (Å²) in [6.07, 6.45) is 1.42. The van der Waals surface area contributed by atoms with Crippen molar-refractivity contribution < 1.29 is 14.6 Å². The van der Waals surface area contributed by atoms with E-state index in [0.29, 0.717) is 19.6 Å². The maximum Gasteiger partial charge on any atom is 0.308 e. The van der Waals surface area contributed by atoms with E-state index < -0.39 is 5.97 Å². The molecule has 0 saturated carbocycles. The minimum atomic E-state index is -0.729. The normalized spacial score (nSPS) is 16.3. The van der Waals surface area contributed by atoms with Gasteiger partial charge in [0, 0.05) is 23.8 Å². The van der Waals surface area contributed by atoms with E-state index in [1.165, 1.54) is 0 Å². The summed E-state index contributed by atoms with van der Waals surface area (Å²) in [5.41, 5.74) is 4.27. The second-order valence-electron chi connectivity index (χ2n) is 6.89. The number of para-hydroxylation sites is 1. The molecule has 0 amide bonds. The van der Waals surface area contributed by atoms with Crippen LogP contribution in [0, 0.1) is 19.8 Å². The Labute approximate surface area is 159 Å². The minimum absolute atomic E-state index is 0.354. The number of aryl methyl sites for hydroxylation is 2. The third-order valence-electron chi connectivity index (χ3n) is 4.84. The molecule has 0 aromatic heterocycles. The first kappa shape index (κ1) is 18.6. The SMILES string of the molecule is Cc1cc(OCCCN2C[C@H](C(=O)O)Cc3ccccc32)cc(C)c1Cl. The molecule has 4 nitrogen and oxygen atoms in total. The first-order valence-corrected chi connectivity index (χ1v) is 9.28. The number of anilines is 1. The Balaban J connectivity index is 1.60. The monoisotopic (exact) mass is 373 g/mol. The molecular weight excluding hydrogens is 350 g/mol. The highest BCUT2D eigenvalue weighted by atomic mass is 35.5. The predicted molar refractivity (Wildman–Crippen MR) is 105 cm³/mol. The molecule has 0 unspecified atom stereocenters. The third-order valence-corrected chi connectivity index (χ3v) is 5.44. The number of hydrogen-bond donors (Lipinski definition) is 1. The molecule has 0 aliphatic carbocycles. The summed E-state index contributed by atoms with van der Waals surface area (Å²) in [6, 6.07) is 12.0. The number of carboxylic acids is 1. The van der Waals surface area contributed by atoms with Crippen LogP contribution in [0.5, 0.6) is 5.75 Å². The number of halogens is 1. The van der Waals surface area contributed by atoms with E-state index in [2.05, 4.69) is 11.0 Å². The van der Waals surface area contributed by atoms with Crippen molar-refractivity contribution in [2.75, 3.05) is 24.6 Å². The van der Waals surface area contributed by atoms with Gasteiger partial charge in [0.05, 0.1) is 12.5 Å². The lowest BCUT2D eigenvalue weighted by atomic mass is 9.92. The van der Waals surface area contributed by atoms with E-state index in [-0.39, 0.29) is 5.92 Å². The van der Waals surface area contributed by atoms with Crippen LogP contribution in [0.3, 0.4) is 0 Å². The van der Waals surface area contributed by atoms with E-state index in [0.717, 1.165) is 46.1 Å². The second kappa shape index (κ2) is 8.00. The van der Waals surface area contributed by atoms with Gasteiger partial charge in [0.1, 0.15) is 5.75 Å². The molecule has 0 bridgehead atoms. The van der Waals surface area contributed by atoms with Crippen LogP contribution >= 0.6 is 11.6 Å². The number of fused-ring (bicyclic) bond motifs is 1. The van der Waals surface area contributed by atoms with Gasteiger partial charge in [-0.15, -0.1) is 0 Å². The smallest absolute Gasteiger partial charge is 0.308 e. The van der Waals surface area contributed by atoms with Crippen molar-refractivity contribution in [1.29, 1.82) is 0 Å². The summed E-state index contributed by atoms with van der Waals surface area (Å²) < 4.78 is 5.87. The summed E-state index contributed by atoms with van der Waals surface area (Å²) in [6.45, 7) is 5.84. The molecule has 2 aromatic carbocycles. The lowest BCUT2D eigenvalue weighted by Crippen LogP contribution is -2.39. The number of benzene rings is 2. The van der Waals surface area contributed by atoms with Crippen LogP contribution in [0.25, 0.3) is 0 Å². The molecule has 0 fully saturated rings. The highest BCUT2D eigenvalue weighted by Crippen LogP contribution is 2.30. The number of hydrogen-bond acceptors (Lipinski definition) is 3. The van der Waals surface area contributed by atoms with Gasteiger partial charge in [0.25, 0.3) is 0 Å². The predicted octanol–water partition coefficient (Wildman–Crippen LogP) is 4.49. The average Bonchev–Trinajstić information content (AvgIpc) is 2.62. The van der Waals surface area contributed by atoms with Crippen molar-refractivity contribution in [1.82, 2.24) is 0 Å². The van der Waals surface area contributed by atoms with Gasteiger partial charge >= 0.3 is 5.97 Å². The van der Waals surface area contributed by atoms with Crippen LogP contribution in [0.15, 0.2) is 36.4 Å². The largest absolute Gasteiger partial charge is 0.494 e. The van der Waals surface area contributed by atoms with Gasteiger partial charge < -0.3 is 14.7 Å². The van der Waals surface area contributed by atoms with Crippen molar-refractivity contribution in [3.8, 4) is 5.75 Å². The molecule has 0 spiro atoms. The average molecular weight is 374 g/mol. The molecule has 26 heavy (non-hydrogen) atoms. The van der Waals surface area contributed by atoms with E-state index in [1.54, 1.807) is 0 Å². The van der Waals surface area contributed by atoms with Crippen molar-refractivity contribution >= 4 is 23.3 Å². The van der Waals surface area contributed by atoms with Crippen LogP contribution in [0.1, 0.15) is 23.1 Å². The number of aliphatic carboxylic acids is 1. The van der Waals surface area contributed by atoms with E-state index in [9.17, 15) is 9.90 Å². The van der Waals surface area contributed by atoms with Crippen LogP contribution in [0.2, 0.25) is 5.02 Å². The molecule has 3 rings (SSSR count). The van der Waals surface area contributed by atoms with Crippen molar-refractivity contribution in [2.24, 2.45) is 5.92 Å². The van der Waals surface area contributed by atoms with Gasteiger partial charge in [-0.2, -0.15) is 0 Å². The lowest BCUT2D eigenvalue weighted by Gasteiger charge is -2.34. The van der Waals surface area contributed by atoms with Crippen LogP contribution < -0.4 is 9.64 Å². The van der Waals surface area contributed by atoms with E-state index in [4.69, 9.17) is 16.3 Å². The van der Waals surface area contributed by atoms with Gasteiger partial charge in [-0.25, -0.2) is 0 Å². The van der Waals surface area contributed by atoms with E-state index in [1.807, 2.05) is 44.2 Å². The van der Waals surface area contributed by atoms with Crippen LogP contribution in [0.4, 0.5) is 5.69 Å². The Morgan fingerprint density at radius 3 is 2.65 bits per heavy atom. The summed E-state index contributed by atoms with van der Waals surface area (Å²) in [5.74, 6) is -0.257. The Morgan fingerprint density at radius 2 is 1.96 bits per heavy atom. The fourth-order valence-electron chi connectivity index (χ4n) is 3.50. The Morgan fingerprint density at radius 1 is 1.27 bits per heavy atom. The number of rotatable bonds is 6.